The summed E-state index contributed by atoms with van der Waals surface area (Å²) in [4.78, 5) is 0. The minimum Gasteiger partial charge on any atom is -0.490 e. The molecular formula is C15H24O2. The summed E-state index contributed by atoms with van der Waals surface area (Å²) in [6, 6.07) is 4.16. The van der Waals surface area contributed by atoms with Gasteiger partial charge >= 0.3 is 0 Å². The second kappa shape index (κ2) is 6.06. The Morgan fingerprint density at radius 1 is 1.18 bits per heavy atom. The molecule has 0 amide bonds. The van der Waals surface area contributed by atoms with E-state index in [4.69, 9.17) is 4.74 Å². The molecule has 0 saturated carbocycles. The van der Waals surface area contributed by atoms with Gasteiger partial charge in [-0.3, -0.25) is 0 Å². The first kappa shape index (κ1) is 14.0. The fourth-order valence-electron chi connectivity index (χ4n) is 1.75. The third kappa shape index (κ3) is 3.47. The molecule has 0 aliphatic rings. The predicted molar refractivity (Wildman–Crippen MR) is 71.6 cm³/mol. The molecule has 0 fully saturated rings. The third-order valence-electron chi connectivity index (χ3n) is 3.57. The van der Waals surface area contributed by atoms with E-state index >= 15 is 0 Å². The smallest absolute Gasteiger partial charge is 0.125 e. The first-order valence-electron chi connectivity index (χ1n) is 6.35. The summed E-state index contributed by atoms with van der Waals surface area (Å²) in [5, 5.41) is 9.91. The molecule has 1 aromatic rings. The van der Waals surface area contributed by atoms with Crippen molar-refractivity contribution in [1.82, 2.24) is 0 Å². The molecule has 1 N–H and O–H groups in total. The molecule has 2 nitrogen and oxygen atoms in total. The Kier molecular flexibility index (Phi) is 5.01. The van der Waals surface area contributed by atoms with E-state index in [0.29, 0.717) is 6.61 Å². The highest BCUT2D eigenvalue weighted by molar-refractivity contribution is 5.44. The standard InChI is InChI=1S/C15H24O2/c1-6-10(2)14(16)9-17-15-12(4)8-7-11(3)13(15)5/h7-8,10,14,16H,6,9H2,1-5H3. The normalized spacial score (nSPS) is 14.5. The van der Waals surface area contributed by atoms with E-state index in [1.54, 1.807) is 0 Å². The van der Waals surface area contributed by atoms with Gasteiger partial charge in [0.15, 0.2) is 0 Å². The van der Waals surface area contributed by atoms with Gasteiger partial charge in [-0.1, -0.05) is 32.4 Å². The highest BCUT2D eigenvalue weighted by Crippen LogP contribution is 2.26. The Morgan fingerprint density at radius 3 is 2.35 bits per heavy atom. The maximum atomic E-state index is 9.91. The van der Waals surface area contributed by atoms with Crippen LogP contribution in [0.1, 0.15) is 37.0 Å². The molecule has 0 radical (unpaired) electrons. The summed E-state index contributed by atoms with van der Waals surface area (Å²) >= 11 is 0. The lowest BCUT2D eigenvalue weighted by Crippen LogP contribution is -2.25. The van der Waals surface area contributed by atoms with E-state index in [1.165, 1.54) is 11.1 Å². The lowest BCUT2D eigenvalue weighted by molar-refractivity contribution is 0.0616. The van der Waals surface area contributed by atoms with Crippen LogP contribution >= 0.6 is 0 Å². The van der Waals surface area contributed by atoms with Gasteiger partial charge < -0.3 is 9.84 Å². The van der Waals surface area contributed by atoms with Gasteiger partial charge in [-0.2, -0.15) is 0 Å². The lowest BCUT2D eigenvalue weighted by atomic mass is 10.0. The van der Waals surface area contributed by atoms with Crippen LogP contribution in [0.3, 0.4) is 0 Å². The minimum absolute atomic E-state index is 0.278. The molecule has 0 aliphatic carbocycles. The van der Waals surface area contributed by atoms with Crippen molar-refractivity contribution in [3.63, 3.8) is 0 Å². The molecule has 0 aliphatic heterocycles. The van der Waals surface area contributed by atoms with Crippen LogP contribution in [0.5, 0.6) is 5.75 Å². The number of aliphatic hydroxyl groups excluding tert-OH is 1. The van der Waals surface area contributed by atoms with Crippen LogP contribution in [0.2, 0.25) is 0 Å². The van der Waals surface area contributed by atoms with Crippen molar-refractivity contribution in [3.05, 3.63) is 28.8 Å². The Labute approximate surface area is 105 Å². The van der Waals surface area contributed by atoms with Crippen molar-refractivity contribution in [2.24, 2.45) is 5.92 Å². The molecule has 0 aromatic heterocycles. The zero-order valence-electron chi connectivity index (χ0n) is 11.6. The number of aliphatic hydroxyl groups is 1. The van der Waals surface area contributed by atoms with E-state index in [-0.39, 0.29) is 12.0 Å². The second-order valence-electron chi connectivity index (χ2n) is 4.92. The first-order valence-corrected chi connectivity index (χ1v) is 6.35. The van der Waals surface area contributed by atoms with Crippen LogP contribution in [0.15, 0.2) is 12.1 Å². The van der Waals surface area contributed by atoms with E-state index < -0.39 is 0 Å². The number of rotatable bonds is 5. The summed E-state index contributed by atoms with van der Waals surface area (Å²) in [5.74, 6) is 1.20. The van der Waals surface area contributed by atoms with Gasteiger partial charge in [-0.25, -0.2) is 0 Å². The van der Waals surface area contributed by atoms with Gasteiger partial charge in [0.25, 0.3) is 0 Å². The van der Waals surface area contributed by atoms with Crippen LogP contribution in [-0.4, -0.2) is 17.8 Å². The summed E-state index contributed by atoms with van der Waals surface area (Å²) < 4.78 is 5.78. The van der Waals surface area contributed by atoms with Crippen molar-refractivity contribution < 1.29 is 9.84 Å². The zero-order valence-corrected chi connectivity index (χ0v) is 11.6. The molecule has 0 saturated heterocycles. The van der Waals surface area contributed by atoms with Crippen LogP contribution in [0.25, 0.3) is 0 Å². The van der Waals surface area contributed by atoms with Crippen LogP contribution in [0.4, 0.5) is 0 Å². The van der Waals surface area contributed by atoms with Gasteiger partial charge in [-0.15, -0.1) is 0 Å². The van der Waals surface area contributed by atoms with Crippen molar-refractivity contribution in [2.75, 3.05) is 6.61 Å². The highest BCUT2D eigenvalue weighted by Gasteiger charge is 2.14. The van der Waals surface area contributed by atoms with E-state index in [9.17, 15) is 5.11 Å². The predicted octanol–water partition coefficient (Wildman–Crippen LogP) is 3.40. The Morgan fingerprint density at radius 2 is 1.76 bits per heavy atom. The second-order valence-corrected chi connectivity index (χ2v) is 4.92. The topological polar surface area (TPSA) is 29.5 Å². The molecule has 1 aromatic carbocycles. The fourth-order valence-corrected chi connectivity index (χ4v) is 1.75. The van der Waals surface area contributed by atoms with E-state index in [2.05, 4.69) is 32.9 Å². The van der Waals surface area contributed by atoms with Gasteiger partial charge in [0, 0.05) is 0 Å². The fraction of sp³-hybridized carbons (Fsp3) is 0.600. The van der Waals surface area contributed by atoms with Gasteiger partial charge in [0.05, 0.1) is 6.10 Å². The van der Waals surface area contributed by atoms with E-state index in [0.717, 1.165) is 17.7 Å². The van der Waals surface area contributed by atoms with Gasteiger partial charge in [0.2, 0.25) is 0 Å². The average Bonchev–Trinajstić information content (AvgIpc) is 2.32. The largest absolute Gasteiger partial charge is 0.490 e. The quantitative estimate of drug-likeness (QED) is 0.849. The Balaban J connectivity index is 2.72. The molecule has 2 atom stereocenters. The summed E-state index contributed by atoms with van der Waals surface area (Å²) in [5.41, 5.74) is 3.52. The number of aryl methyl sites for hydroxylation is 2. The summed E-state index contributed by atoms with van der Waals surface area (Å²) in [7, 11) is 0. The van der Waals surface area contributed by atoms with Crippen LogP contribution in [-0.2, 0) is 0 Å². The SMILES string of the molecule is CCC(C)C(O)COc1c(C)ccc(C)c1C. The van der Waals surface area contributed by atoms with Crippen molar-refractivity contribution >= 4 is 0 Å². The lowest BCUT2D eigenvalue weighted by Gasteiger charge is -2.20. The molecule has 96 valence electrons. The highest BCUT2D eigenvalue weighted by atomic mass is 16.5. The number of hydrogen-bond donors (Lipinski definition) is 1. The van der Waals surface area contributed by atoms with Crippen LogP contribution in [0, 0.1) is 26.7 Å². The van der Waals surface area contributed by atoms with Gasteiger partial charge in [-0.05, 0) is 43.4 Å². The molecule has 0 bridgehead atoms. The Bertz CT molecular complexity index is 371. The van der Waals surface area contributed by atoms with E-state index in [1.807, 2.05) is 13.8 Å². The molecule has 0 spiro atoms. The van der Waals surface area contributed by atoms with Crippen LogP contribution < -0.4 is 4.74 Å². The number of benzene rings is 1. The van der Waals surface area contributed by atoms with Crippen molar-refractivity contribution in [1.29, 1.82) is 0 Å². The number of ether oxygens (including phenoxy) is 1. The summed E-state index contributed by atoms with van der Waals surface area (Å²) in [6.07, 6.45) is 0.579. The average molecular weight is 236 g/mol. The maximum Gasteiger partial charge on any atom is 0.125 e. The zero-order chi connectivity index (χ0) is 13.0. The third-order valence-corrected chi connectivity index (χ3v) is 3.57. The van der Waals surface area contributed by atoms with Gasteiger partial charge in [0.1, 0.15) is 12.4 Å². The first-order chi connectivity index (χ1) is 7.97. The molecule has 2 unspecified atom stereocenters. The molecular weight excluding hydrogens is 212 g/mol. The number of hydrogen-bond acceptors (Lipinski definition) is 2. The minimum atomic E-state index is -0.390. The monoisotopic (exact) mass is 236 g/mol. The molecule has 17 heavy (non-hydrogen) atoms. The molecule has 0 heterocycles. The summed E-state index contributed by atoms with van der Waals surface area (Å²) in [6.45, 7) is 10.7. The van der Waals surface area contributed by atoms with Crippen molar-refractivity contribution in [3.8, 4) is 5.75 Å². The molecule has 1 rings (SSSR count). The van der Waals surface area contributed by atoms with Crippen molar-refractivity contribution in [2.45, 2.75) is 47.1 Å². The Hall–Kier alpha value is -1.02. The molecule has 2 heteroatoms. The maximum absolute atomic E-state index is 9.91.